The average Bonchev–Trinajstić information content (AvgIpc) is 2.06. The lowest BCUT2D eigenvalue weighted by molar-refractivity contribution is 0.407. The first-order valence-corrected chi connectivity index (χ1v) is 10.3. The van der Waals surface area contributed by atoms with Crippen molar-refractivity contribution in [2.75, 3.05) is 0 Å². The highest BCUT2D eigenvalue weighted by molar-refractivity contribution is 9.23. The Hall–Kier alpha value is 1.25. The van der Waals surface area contributed by atoms with E-state index >= 15 is 0 Å². The third kappa shape index (κ3) is 7.87. The summed E-state index contributed by atoms with van der Waals surface area (Å²) in [6, 6.07) is 0. The van der Waals surface area contributed by atoms with Crippen LogP contribution >= 0.6 is 12.9 Å². The van der Waals surface area contributed by atoms with Gasteiger partial charge in [0, 0.05) is 0 Å². The van der Waals surface area contributed by atoms with Crippen LogP contribution in [0.3, 0.4) is 0 Å². The molecule has 0 amide bonds. The zero-order valence-electron chi connectivity index (χ0n) is 8.61. The maximum atomic E-state index is 3.62. The predicted octanol–water partition coefficient (Wildman–Crippen LogP) is 4.42. The molecule has 0 bridgehead atoms. The molecule has 0 aromatic heterocycles. The van der Waals surface area contributed by atoms with E-state index in [-0.39, 0.29) is 18.2 Å². The lowest BCUT2D eigenvalue weighted by atomic mass is 9.94. The van der Waals surface area contributed by atoms with Crippen molar-refractivity contribution in [1.82, 2.24) is 0 Å². The maximum absolute atomic E-state index is 3.62. The Balaban J connectivity index is 3.34. The molecule has 0 atom stereocenters. The quantitative estimate of drug-likeness (QED) is 0.439. The van der Waals surface area contributed by atoms with Crippen molar-refractivity contribution in [3.63, 3.8) is 0 Å². The molecule has 70 valence electrons. The summed E-state index contributed by atoms with van der Waals surface area (Å²) >= 11 is 3.77. The zero-order valence-corrected chi connectivity index (χ0v) is 11.6. The molecule has 0 N–H and O–H groups in total. The molecule has 0 aliphatic carbocycles. The van der Waals surface area contributed by atoms with Crippen LogP contribution < -0.4 is 0 Å². The summed E-state index contributed by atoms with van der Waals surface area (Å²) in [5.41, 5.74) is 0. The minimum Gasteiger partial charge on any atom is -0.307 e. The average molecular weight is 245 g/mol. The van der Waals surface area contributed by atoms with Gasteiger partial charge in [0.15, 0.2) is 0 Å². The molecule has 0 nitrogen and oxygen atoms in total. The summed E-state index contributed by atoms with van der Waals surface area (Å²) in [5.74, 6) is 1.04. The Bertz CT molecular complexity index is 79.9. The first-order chi connectivity index (χ1) is 5.85. The highest BCUT2D eigenvalue weighted by Gasteiger charge is 2.05. The van der Waals surface area contributed by atoms with E-state index in [1.165, 1.54) is 43.1 Å². The minimum absolute atomic E-state index is 0.156. The standard InChI is InChI=1S/C10H21.BrH.Mg/c1-4-7-10(8-5-2)9-6-3;;/h10H,1,4-9H2,2-3H3;1H;/q;;+1/p-1. The summed E-state index contributed by atoms with van der Waals surface area (Å²) < 4.78 is 1.49. The van der Waals surface area contributed by atoms with E-state index in [2.05, 4.69) is 26.7 Å². The molecule has 0 aromatic rings. The van der Waals surface area contributed by atoms with Gasteiger partial charge in [-0.05, 0) is 5.92 Å². The second-order valence-corrected chi connectivity index (χ2v) is 7.09. The summed E-state index contributed by atoms with van der Waals surface area (Å²) in [4.78, 5) is 0. The Morgan fingerprint density at radius 1 is 1.08 bits per heavy atom. The van der Waals surface area contributed by atoms with Gasteiger partial charge < -0.3 is 12.9 Å². The SMILES string of the molecule is CCCC(CCC)CC[CH2][Mg][Br]. The topological polar surface area (TPSA) is 0 Å². The van der Waals surface area contributed by atoms with Gasteiger partial charge in [-0.1, -0.05) is 52.4 Å². The molecule has 0 unspecified atom stereocenters. The summed E-state index contributed by atoms with van der Waals surface area (Å²) in [6.07, 6.45) is 8.62. The Kier molecular flexibility index (Phi) is 11.4. The van der Waals surface area contributed by atoms with Gasteiger partial charge in [-0.25, -0.2) is 0 Å². The van der Waals surface area contributed by atoms with Gasteiger partial charge in [0.2, 0.25) is 0 Å². The normalized spacial score (nSPS) is 10.3. The predicted molar refractivity (Wildman–Crippen MR) is 62.0 cm³/mol. The van der Waals surface area contributed by atoms with Gasteiger partial charge in [0.25, 0.3) is 0 Å². The van der Waals surface area contributed by atoms with Crippen molar-refractivity contribution in [2.45, 2.75) is 56.9 Å². The summed E-state index contributed by atoms with van der Waals surface area (Å²) in [5, 5.41) is 0. The second-order valence-electron chi connectivity index (χ2n) is 3.63. The minimum atomic E-state index is 0.156. The smallest absolute Gasteiger partial charge is 0.307 e. The number of halogens is 1. The van der Waals surface area contributed by atoms with E-state index in [9.17, 15) is 0 Å². The molecule has 0 aliphatic rings. The first kappa shape index (κ1) is 13.2. The highest BCUT2D eigenvalue weighted by atomic mass is 79.9. The van der Waals surface area contributed by atoms with Crippen LogP contribution in [0.4, 0.5) is 0 Å². The van der Waals surface area contributed by atoms with E-state index in [0.717, 1.165) is 5.92 Å². The van der Waals surface area contributed by atoms with Gasteiger partial charge in [-0.2, -0.15) is 0 Å². The molecular weight excluding hydrogens is 224 g/mol. The molecule has 0 fully saturated rings. The van der Waals surface area contributed by atoms with E-state index in [4.69, 9.17) is 0 Å². The van der Waals surface area contributed by atoms with E-state index in [1.54, 1.807) is 0 Å². The van der Waals surface area contributed by atoms with E-state index in [1.807, 2.05) is 0 Å². The fraction of sp³-hybridized carbons (Fsp3) is 1.00. The third-order valence-corrected chi connectivity index (χ3v) is 4.84. The van der Waals surface area contributed by atoms with E-state index in [0.29, 0.717) is 0 Å². The lowest BCUT2D eigenvalue weighted by Gasteiger charge is -2.14. The van der Waals surface area contributed by atoms with Gasteiger partial charge >= 0.3 is 18.2 Å². The lowest BCUT2D eigenvalue weighted by Crippen LogP contribution is -1.99. The van der Waals surface area contributed by atoms with Crippen LogP contribution in [-0.2, 0) is 0 Å². The highest BCUT2D eigenvalue weighted by Crippen LogP contribution is 2.20. The Labute approximate surface area is 93.5 Å². The van der Waals surface area contributed by atoms with Crippen molar-refractivity contribution >= 4 is 31.1 Å². The van der Waals surface area contributed by atoms with Crippen LogP contribution in [0.15, 0.2) is 0 Å². The largest absolute Gasteiger partial charge is 0.468 e. The molecule has 0 aliphatic heterocycles. The molecule has 0 aromatic carbocycles. The van der Waals surface area contributed by atoms with Gasteiger partial charge in [-0.15, -0.1) is 4.55 Å². The number of hydrogen-bond acceptors (Lipinski definition) is 0. The fourth-order valence-electron chi connectivity index (χ4n) is 1.78. The Morgan fingerprint density at radius 2 is 1.67 bits per heavy atom. The van der Waals surface area contributed by atoms with Crippen LogP contribution in [-0.4, -0.2) is 18.2 Å². The first-order valence-electron chi connectivity index (χ1n) is 5.41. The van der Waals surface area contributed by atoms with Crippen molar-refractivity contribution in [3.8, 4) is 0 Å². The third-order valence-electron chi connectivity index (χ3n) is 2.39. The van der Waals surface area contributed by atoms with Crippen molar-refractivity contribution < 1.29 is 0 Å². The van der Waals surface area contributed by atoms with Crippen molar-refractivity contribution in [1.29, 1.82) is 0 Å². The summed E-state index contributed by atoms with van der Waals surface area (Å²) in [7, 11) is 0. The molecular formula is C10H21BrMg. The molecule has 0 heterocycles. The molecule has 0 spiro atoms. The number of rotatable bonds is 8. The van der Waals surface area contributed by atoms with Crippen LogP contribution in [0.1, 0.15) is 52.4 Å². The monoisotopic (exact) mass is 244 g/mol. The van der Waals surface area contributed by atoms with Gasteiger partial charge in [0.1, 0.15) is 0 Å². The molecule has 2 heteroatoms. The van der Waals surface area contributed by atoms with Crippen LogP contribution in [0.5, 0.6) is 0 Å². The Morgan fingerprint density at radius 3 is 2.08 bits per heavy atom. The van der Waals surface area contributed by atoms with Crippen molar-refractivity contribution in [3.05, 3.63) is 0 Å². The zero-order chi connectivity index (χ0) is 9.23. The second kappa shape index (κ2) is 10.3. The van der Waals surface area contributed by atoms with Gasteiger partial charge in [-0.3, -0.25) is 0 Å². The molecule has 0 saturated carbocycles. The van der Waals surface area contributed by atoms with E-state index < -0.39 is 0 Å². The molecule has 0 saturated heterocycles. The maximum Gasteiger partial charge on any atom is 0.468 e. The fourth-order valence-corrected chi connectivity index (χ4v) is 3.44. The molecule has 0 radical (unpaired) electrons. The van der Waals surface area contributed by atoms with Crippen molar-refractivity contribution in [2.24, 2.45) is 5.92 Å². The van der Waals surface area contributed by atoms with Crippen LogP contribution in [0, 0.1) is 5.92 Å². The van der Waals surface area contributed by atoms with Gasteiger partial charge in [0.05, 0.1) is 0 Å². The summed E-state index contributed by atoms with van der Waals surface area (Å²) in [6.45, 7) is 4.61. The molecule has 0 rings (SSSR count). The van der Waals surface area contributed by atoms with Crippen LogP contribution in [0.2, 0.25) is 4.55 Å². The molecule has 12 heavy (non-hydrogen) atoms. The van der Waals surface area contributed by atoms with Crippen LogP contribution in [0.25, 0.3) is 0 Å². The number of hydrogen-bond donors (Lipinski definition) is 0.